The Kier molecular flexibility index (Phi) is 8.96. The van der Waals surface area contributed by atoms with Gasteiger partial charge in [0.05, 0.1) is 0 Å². The second-order valence-corrected chi connectivity index (χ2v) is 11.7. The molecular formula is C34H44O6. The molecule has 0 heterocycles. The number of esters is 2. The van der Waals surface area contributed by atoms with E-state index in [2.05, 4.69) is 45.2 Å². The first-order valence-electron chi connectivity index (χ1n) is 14.6. The number of ether oxygens (including phenoxy) is 4. The lowest BCUT2D eigenvalue weighted by molar-refractivity contribution is -0.146. The maximum absolute atomic E-state index is 12.2. The van der Waals surface area contributed by atoms with Crippen molar-refractivity contribution >= 4 is 22.7 Å². The van der Waals surface area contributed by atoms with E-state index in [9.17, 15) is 9.59 Å². The summed E-state index contributed by atoms with van der Waals surface area (Å²) in [6, 6.07) is 6.31. The zero-order valence-corrected chi connectivity index (χ0v) is 25.0. The van der Waals surface area contributed by atoms with Crippen molar-refractivity contribution in [2.75, 3.05) is 13.2 Å². The Morgan fingerprint density at radius 3 is 2.05 bits per heavy atom. The third-order valence-corrected chi connectivity index (χ3v) is 8.48. The van der Waals surface area contributed by atoms with Crippen LogP contribution in [0.3, 0.4) is 0 Å². The van der Waals surface area contributed by atoms with Gasteiger partial charge in [-0.05, 0) is 69.3 Å². The predicted molar refractivity (Wildman–Crippen MR) is 158 cm³/mol. The third-order valence-electron chi connectivity index (χ3n) is 8.48. The molecule has 0 aromatic heterocycles. The van der Waals surface area contributed by atoms with Crippen LogP contribution in [0.1, 0.15) is 96.3 Å². The van der Waals surface area contributed by atoms with Crippen molar-refractivity contribution in [2.24, 2.45) is 0 Å². The van der Waals surface area contributed by atoms with E-state index in [1.807, 2.05) is 13.8 Å². The zero-order valence-electron chi connectivity index (χ0n) is 25.0. The maximum atomic E-state index is 12.2. The van der Waals surface area contributed by atoms with Crippen LogP contribution in [0.2, 0.25) is 0 Å². The Labute approximate surface area is 238 Å². The van der Waals surface area contributed by atoms with Crippen molar-refractivity contribution in [1.29, 1.82) is 0 Å². The molecule has 1 fully saturated rings. The normalized spacial score (nSPS) is 20.5. The summed E-state index contributed by atoms with van der Waals surface area (Å²) in [7, 11) is 0. The van der Waals surface area contributed by atoms with Crippen LogP contribution in [0, 0.1) is 0 Å². The van der Waals surface area contributed by atoms with Crippen LogP contribution < -0.4 is 9.47 Å². The Hall–Kier alpha value is -3.28. The van der Waals surface area contributed by atoms with Crippen LogP contribution in [0.4, 0.5) is 0 Å². The monoisotopic (exact) mass is 548 g/mol. The van der Waals surface area contributed by atoms with Gasteiger partial charge in [-0.15, -0.1) is 0 Å². The van der Waals surface area contributed by atoms with Gasteiger partial charge in [0.15, 0.2) is 0 Å². The molecule has 1 saturated carbocycles. The largest absolute Gasteiger partial charge is 0.489 e. The Morgan fingerprint density at radius 2 is 1.52 bits per heavy atom. The van der Waals surface area contributed by atoms with Gasteiger partial charge < -0.3 is 18.9 Å². The van der Waals surface area contributed by atoms with Gasteiger partial charge in [-0.1, -0.05) is 59.1 Å². The second-order valence-electron chi connectivity index (χ2n) is 11.7. The van der Waals surface area contributed by atoms with E-state index in [-0.39, 0.29) is 30.8 Å². The number of fused-ring (bicyclic) bond motifs is 6. The minimum atomic E-state index is -0.397. The van der Waals surface area contributed by atoms with Crippen LogP contribution in [-0.4, -0.2) is 37.4 Å². The van der Waals surface area contributed by atoms with Gasteiger partial charge in [0.2, 0.25) is 0 Å². The number of carbonyl (C=O) groups excluding carboxylic acids is 2. The highest BCUT2D eigenvalue weighted by molar-refractivity contribution is 5.99. The molecule has 40 heavy (non-hydrogen) atoms. The van der Waals surface area contributed by atoms with Crippen molar-refractivity contribution in [3.63, 3.8) is 0 Å². The Bertz CT molecular complexity index is 1320. The number of carbonyl (C=O) groups is 2. The summed E-state index contributed by atoms with van der Waals surface area (Å²) in [5.41, 5.74) is 4.36. The molecule has 2 aliphatic rings. The summed E-state index contributed by atoms with van der Waals surface area (Å²) in [5, 5.41) is 2.07. The first-order valence-corrected chi connectivity index (χ1v) is 14.6. The number of hydrogen-bond donors (Lipinski definition) is 0. The van der Waals surface area contributed by atoms with Gasteiger partial charge in [-0.2, -0.15) is 0 Å². The number of benzene rings is 2. The lowest BCUT2D eigenvalue weighted by atomic mass is 9.78. The van der Waals surface area contributed by atoms with Gasteiger partial charge in [-0.25, -0.2) is 9.59 Å². The topological polar surface area (TPSA) is 71.1 Å². The van der Waals surface area contributed by atoms with Crippen LogP contribution in [-0.2, 0) is 30.9 Å². The lowest BCUT2D eigenvalue weighted by Gasteiger charge is -2.31. The lowest BCUT2D eigenvalue weighted by Crippen LogP contribution is -2.27. The van der Waals surface area contributed by atoms with Crippen molar-refractivity contribution in [3.8, 4) is 11.5 Å². The summed E-state index contributed by atoms with van der Waals surface area (Å²) in [6.45, 7) is 19.7. The molecule has 0 radical (unpaired) electrons. The van der Waals surface area contributed by atoms with E-state index >= 15 is 0 Å². The average molecular weight is 549 g/mol. The average Bonchev–Trinajstić information content (AvgIpc) is 3.46. The first-order chi connectivity index (χ1) is 19.0. The molecule has 0 amide bonds. The Balaban J connectivity index is 1.79. The van der Waals surface area contributed by atoms with E-state index in [1.165, 1.54) is 16.7 Å². The molecular weight excluding hydrogens is 504 g/mol. The molecule has 2 aromatic rings. The molecule has 6 heteroatoms. The summed E-state index contributed by atoms with van der Waals surface area (Å²) >= 11 is 0. The zero-order chi connectivity index (χ0) is 29.2. The smallest absolute Gasteiger partial charge is 0.333 e. The van der Waals surface area contributed by atoms with Crippen molar-refractivity contribution < 1.29 is 28.5 Å². The van der Waals surface area contributed by atoms with Crippen molar-refractivity contribution in [1.82, 2.24) is 0 Å². The summed E-state index contributed by atoms with van der Waals surface area (Å²) < 4.78 is 24.7. The van der Waals surface area contributed by atoms with Gasteiger partial charge in [-0.3, -0.25) is 0 Å². The molecule has 0 N–H and O–H groups in total. The minimum Gasteiger partial charge on any atom is -0.489 e. The number of hydrogen-bond acceptors (Lipinski definition) is 6. The molecule has 2 bridgehead atoms. The highest BCUT2D eigenvalue weighted by Crippen LogP contribution is 2.64. The second kappa shape index (κ2) is 12.1. The van der Waals surface area contributed by atoms with Crippen molar-refractivity contribution in [3.05, 3.63) is 59.2 Å². The van der Waals surface area contributed by atoms with Crippen LogP contribution >= 0.6 is 0 Å². The summed E-state index contributed by atoms with van der Waals surface area (Å²) in [5.74, 6) is 1.36. The van der Waals surface area contributed by atoms with Crippen LogP contribution in [0.15, 0.2) is 42.5 Å². The van der Waals surface area contributed by atoms with E-state index < -0.39 is 11.9 Å². The molecule has 0 saturated heterocycles. The molecule has 4 unspecified atom stereocenters. The highest BCUT2D eigenvalue weighted by Gasteiger charge is 2.50. The maximum Gasteiger partial charge on any atom is 0.333 e. The molecule has 0 spiro atoms. The molecule has 216 valence electrons. The van der Waals surface area contributed by atoms with E-state index in [0.717, 1.165) is 48.0 Å². The first kappa shape index (κ1) is 29.7. The molecule has 0 aliphatic heterocycles. The fourth-order valence-corrected chi connectivity index (χ4v) is 6.19. The molecule has 2 aliphatic carbocycles. The van der Waals surface area contributed by atoms with Gasteiger partial charge in [0.25, 0.3) is 0 Å². The van der Waals surface area contributed by atoms with E-state index in [1.54, 1.807) is 13.8 Å². The Morgan fingerprint density at radius 1 is 0.950 bits per heavy atom. The third kappa shape index (κ3) is 5.63. The fourth-order valence-electron chi connectivity index (χ4n) is 6.19. The quantitative estimate of drug-likeness (QED) is 0.191. The van der Waals surface area contributed by atoms with Gasteiger partial charge in [0, 0.05) is 33.0 Å². The number of aryl methyl sites for hydroxylation is 1. The molecule has 4 atom stereocenters. The minimum absolute atomic E-state index is 0.0173. The van der Waals surface area contributed by atoms with Gasteiger partial charge in [0.1, 0.15) is 36.9 Å². The SMILES string of the molecule is C=C(C)C(=O)OC(CC)COc1c2c(c(OCC(CC)OC(=O)C(=C)C)c3c(CC)cccc13)C1CCC2(C)C1. The van der Waals surface area contributed by atoms with Crippen molar-refractivity contribution in [2.45, 2.75) is 104 Å². The van der Waals surface area contributed by atoms with E-state index in [0.29, 0.717) is 29.9 Å². The standard InChI is InChI=1S/C34H44O6/c1-9-22-13-12-14-26-27(22)31(38-19-25(11-3)40-33(36)21(6)7)28-23-15-16-34(8,17-23)29(28)30(26)37-18-24(10-2)39-32(35)20(4)5/h12-14,23-25H,4,6,9-11,15-19H2,1-3,5,7-8H3. The van der Waals surface area contributed by atoms with Gasteiger partial charge >= 0.3 is 11.9 Å². The summed E-state index contributed by atoms with van der Waals surface area (Å²) in [6.07, 6.45) is 4.62. The highest BCUT2D eigenvalue weighted by atomic mass is 16.6. The molecule has 2 aromatic carbocycles. The molecule has 6 nitrogen and oxygen atoms in total. The fraction of sp³-hybridized carbons (Fsp3) is 0.529. The predicted octanol–water partition coefficient (Wildman–Crippen LogP) is 7.49. The molecule has 4 rings (SSSR count). The van der Waals surface area contributed by atoms with Crippen LogP contribution in [0.5, 0.6) is 11.5 Å². The number of rotatable bonds is 13. The van der Waals surface area contributed by atoms with Crippen LogP contribution in [0.25, 0.3) is 10.8 Å². The van der Waals surface area contributed by atoms with E-state index in [4.69, 9.17) is 18.9 Å². The summed E-state index contributed by atoms with van der Waals surface area (Å²) in [4.78, 5) is 24.5.